The van der Waals surface area contributed by atoms with E-state index in [9.17, 15) is 4.79 Å². The molecule has 1 amide bonds. The van der Waals surface area contributed by atoms with Crippen molar-refractivity contribution in [3.63, 3.8) is 0 Å². The van der Waals surface area contributed by atoms with Gasteiger partial charge in [-0.05, 0) is 32.9 Å². The minimum atomic E-state index is -0.185. The molecule has 2 rings (SSSR count). The molecule has 7 heteroatoms. The van der Waals surface area contributed by atoms with Gasteiger partial charge >= 0.3 is 0 Å². The van der Waals surface area contributed by atoms with Crippen LogP contribution in [0.5, 0.6) is 0 Å². The van der Waals surface area contributed by atoms with Crippen LogP contribution in [0.25, 0.3) is 0 Å². The first kappa shape index (κ1) is 20.9. The lowest BCUT2D eigenvalue weighted by Crippen LogP contribution is -2.57. The van der Waals surface area contributed by atoms with E-state index in [1.54, 1.807) is 0 Å². The third-order valence-corrected chi connectivity index (χ3v) is 4.35. The summed E-state index contributed by atoms with van der Waals surface area (Å²) in [6, 6.07) is 0.342. The van der Waals surface area contributed by atoms with Gasteiger partial charge in [0, 0.05) is 26.2 Å². The van der Waals surface area contributed by atoms with Crippen molar-refractivity contribution in [1.82, 2.24) is 15.1 Å². The molecule has 0 aromatic rings. The molecule has 0 spiro atoms. The number of rotatable bonds is 4. The third kappa shape index (κ3) is 5.25. The molecule has 2 heterocycles. The maximum Gasteiger partial charge on any atom is 0.242 e. The van der Waals surface area contributed by atoms with Gasteiger partial charge in [0.05, 0.1) is 12.7 Å². The van der Waals surface area contributed by atoms with Gasteiger partial charge in [0.1, 0.15) is 6.04 Å². The van der Waals surface area contributed by atoms with Crippen LogP contribution in [0, 0.1) is 0 Å². The van der Waals surface area contributed by atoms with Gasteiger partial charge in [-0.2, -0.15) is 0 Å². The summed E-state index contributed by atoms with van der Waals surface area (Å²) in [6.07, 6.45) is 2.42. The van der Waals surface area contributed by atoms with Gasteiger partial charge < -0.3 is 15.0 Å². The standard InChI is InChI=1S/C14H27N3O2.2ClH/c1-4-17-8-5-6-12(17)10-16(3)14(18)13-11(2)19-9-7-15-13;;/h11-13,15H,4-10H2,1-3H3;2*1H/t11-,12?,13+;;/m1../s1. The number of amides is 1. The van der Waals surface area contributed by atoms with Crippen LogP contribution in [-0.2, 0) is 9.53 Å². The fourth-order valence-electron chi connectivity index (χ4n) is 3.17. The number of hydrogen-bond donors (Lipinski definition) is 1. The molecule has 0 radical (unpaired) electrons. The summed E-state index contributed by atoms with van der Waals surface area (Å²) in [4.78, 5) is 16.8. The van der Waals surface area contributed by atoms with E-state index in [-0.39, 0.29) is 42.9 Å². The average Bonchev–Trinajstić information content (AvgIpc) is 2.85. The lowest BCUT2D eigenvalue weighted by atomic mass is 10.1. The number of nitrogens with zero attached hydrogens (tertiary/aromatic N) is 2. The van der Waals surface area contributed by atoms with Crippen LogP contribution >= 0.6 is 24.8 Å². The quantitative estimate of drug-likeness (QED) is 0.833. The van der Waals surface area contributed by atoms with Crippen molar-refractivity contribution in [3.05, 3.63) is 0 Å². The number of ether oxygens (including phenoxy) is 1. The van der Waals surface area contributed by atoms with Gasteiger partial charge in [0.2, 0.25) is 5.91 Å². The highest BCUT2D eigenvalue weighted by molar-refractivity contribution is 5.85. The van der Waals surface area contributed by atoms with E-state index in [1.165, 1.54) is 19.4 Å². The molecule has 0 aromatic heterocycles. The number of likely N-dealkylation sites (tertiary alicyclic amines) is 1. The number of nitrogens with one attached hydrogen (secondary N) is 1. The van der Waals surface area contributed by atoms with Crippen LogP contribution in [0.1, 0.15) is 26.7 Å². The average molecular weight is 342 g/mol. The van der Waals surface area contributed by atoms with Crippen molar-refractivity contribution in [2.24, 2.45) is 0 Å². The van der Waals surface area contributed by atoms with Crippen molar-refractivity contribution >= 4 is 30.7 Å². The largest absolute Gasteiger partial charge is 0.375 e. The van der Waals surface area contributed by atoms with E-state index in [4.69, 9.17) is 4.74 Å². The van der Waals surface area contributed by atoms with Gasteiger partial charge in [-0.15, -0.1) is 24.8 Å². The molecule has 3 atom stereocenters. The molecule has 21 heavy (non-hydrogen) atoms. The molecule has 1 unspecified atom stereocenters. The lowest BCUT2D eigenvalue weighted by molar-refractivity contribution is -0.138. The highest BCUT2D eigenvalue weighted by atomic mass is 35.5. The van der Waals surface area contributed by atoms with Gasteiger partial charge in [-0.3, -0.25) is 9.69 Å². The van der Waals surface area contributed by atoms with Crippen molar-refractivity contribution in [3.8, 4) is 0 Å². The van der Waals surface area contributed by atoms with Crippen molar-refractivity contribution in [1.29, 1.82) is 0 Å². The Labute approximate surface area is 140 Å². The Morgan fingerprint density at radius 2 is 2.14 bits per heavy atom. The number of carbonyl (C=O) groups excluding carboxylic acids is 1. The maximum absolute atomic E-state index is 12.5. The van der Waals surface area contributed by atoms with Crippen LogP contribution in [-0.4, -0.2) is 73.7 Å². The van der Waals surface area contributed by atoms with E-state index in [0.717, 1.165) is 19.6 Å². The molecule has 0 aromatic carbocycles. The van der Waals surface area contributed by atoms with E-state index in [1.807, 2.05) is 18.9 Å². The Hall–Kier alpha value is -0.0700. The Bertz CT molecular complexity index is 321. The Kier molecular flexibility index (Phi) is 9.81. The molecule has 2 aliphatic rings. The monoisotopic (exact) mass is 341 g/mol. The smallest absolute Gasteiger partial charge is 0.242 e. The summed E-state index contributed by atoms with van der Waals surface area (Å²) in [5.74, 6) is 0.162. The fraction of sp³-hybridized carbons (Fsp3) is 0.929. The Morgan fingerprint density at radius 3 is 2.76 bits per heavy atom. The highest BCUT2D eigenvalue weighted by Crippen LogP contribution is 2.18. The fourth-order valence-corrected chi connectivity index (χ4v) is 3.17. The molecular formula is C14H29Cl2N3O2. The van der Waals surface area contributed by atoms with Gasteiger partial charge in [-0.1, -0.05) is 6.92 Å². The number of morpholine rings is 1. The van der Waals surface area contributed by atoms with Crippen molar-refractivity contribution in [2.45, 2.75) is 44.9 Å². The molecule has 126 valence electrons. The summed E-state index contributed by atoms with van der Waals surface area (Å²) in [6.45, 7) is 8.70. The number of hydrogen-bond acceptors (Lipinski definition) is 4. The Morgan fingerprint density at radius 1 is 1.43 bits per heavy atom. The molecule has 2 saturated heterocycles. The molecule has 2 fully saturated rings. The van der Waals surface area contributed by atoms with E-state index in [0.29, 0.717) is 12.6 Å². The van der Waals surface area contributed by atoms with Crippen LogP contribution in [0.2, 0.25) is 0 Å². The van der Waals surface area contributed by atoms with Gasteiger partial charge in [0.25, 0.3) is 0 Å². The second-order valence-electron chi connectivity index (χ2n) is 5.65. The minimum Gasteiger partial charge on any atom is -0.375 e. The zero-order valence-corrected chi connectivity index (χ0v) is 14.8. The van der Waals surface area contributed by atoms with Crippen LogP contribution in [0.15, 0.2) is 0 Å². The van der Waals surface area contributed by atoms with E-state index < -0.39 is 0 Å². The Balaban J connectivity index is 0.00000200. The van der Waals surface area contributed by atoms with Crippen LogP contribution in [0.3, 0.4) is 0 Å². The highest BCUT2D eigenvalue weighted by Gasteiger charge is 2.32. The lowest BCUT2D eigenvalue weighted by Gasteiger charge is -2.34. The summed E-state index contributed by atoms with van der Waals surface area (Å²) >= 11 is 0. The number of likely N-dealkylation sites (N-methyl/N-ethyl adjacent to an activating group) is 2. The van der Waals surface area contributed by atoms with E-state index in [2.05, 4.69) is 17.1 Å². The first-order valence-electron chi connectivity index (χ1n) is 7.47. The van der Waals surface area contributed by atoms with E-state index >= 15 is 0 Å². The second-order valence-corrected chi connectivity index (χ2v) is 5.65. The molecule has 0 bridgehead atoms. The van der Waals surface area contributed by atoms with Crippen molar-refractivity contribution < 1.29 is 9.53 Å². The predicted octanol–water partition coefficient (Wildman–Crippen LogP) is 1.15. The summed E-state index contributed by atoms with van der Waals surface area (Å²) in [5.41, 5.74) is 0. The van der Waals surface area contributed by atoms with Gasteiger partial charge in [-0.25, -0.2) is 0 Å². The normalized spacial score (nSPS) is 29.4. The first-order valence-corrected chi connectivity index (χ1v) is 7.47. The number of halogens is 2. The van der Waals surface area contributed by atoms with Crippen molar-refractivity contribution in [2.75, 3.05) is 39.8 Å². The zero-order chi connectivity index (χ0) is 13.8. The zero-order valence-electron chi connectivity index (χ0n) is 13.2. The summed E-state index contributed by atoms with van der Waals surface area (Å²) in [5, 5.41) is 3.27. The topological polar surface area (TPSA) is 44.8 Å². The third-order valence-electron chi connectivity index (χ3n) is 4.35. The molecule has 2 aliphatic heterocycles. The molecular weight excluding hydrogens is 313 g/mol. The molecule has 1 N–H and O–H groups in total. The van der Waals surface area contributed by atoms with Crippen LogP contribution in [0.4, 0.5) is 0 Å². The summed E-state index contributed by atoms with van der Waals surface area (Å²) in [7, 11) is 1.91. The molecule has 0 saturated carbocycles. The second kappa shape index (κ2) is 9.85. The molecule has 5 nitrogen and oxygen atoms in total. The molecule has 0 aliphatic carbocycles. The minimum absolute atomic E-state index is 0. The van der Waals surface area contributed by atoms with Crippen LogP contribution < -0.4 is 5.32 Å². The number of carbonyl (C=O) groups is 1. The van der Waals surface area contributed by atoms with Gasteiger partial charge in [0.15, 0.2) is 0 Å². The maximum atomic E-state index is 12.5. The summed E-state index contributed by atoms with van der Waals surface area (Å²) < 4.78 is 5.55. The predicted molar refractivity (Wildman–Crippen MR) is 89.6 cm³/mol. The SMILES string of the molecule is CCN1CCCC1CN(C)C(=O)[C@H]1NCCO[C@@H]1C.Cl.Cl. The first-order chi connectivity index (χ1) is 9.13.